The summed E-state index contributed by atoms with van der Waals surface area (Å²) in [4.78, 5) is 0. The van der Waals surface area contributed by atoms with Gasteiger partial charge in [0.15, 0.2) is 0 Å². The molecular weight excluding hydrogens is 172 g/mol. The molecule has 0 fully saturated rings. The van der Waals surface area contributed by atoms with Crippen molar-refractivity contribution in [1.29, 1.82) is 0 Å². The largest absolute Gasteiger partial charge is 0.0806 e. The van der Waals surface area contributed by atoms with Gasteiger partial charge in [-0.15, -0.1) is 0 Å². The van der Waals surface area contributed by atoms with Crippen molar-refractivity contribution in [2.24, 2.45) is 0 Å². The summed E-state index contributed by atoms with van der Waals surface area (Å²) < 4.78 is 0. The second-order valence-corrected chi connectivity index (χ2v) is 9.12. The van der Waals surface area contributed by atoms with Crippen molar-refractivity contribution in [2.75, 3.05) is 0 Å². The number of benzene rings is 1. The maximum Gasteiger partial charge on any atom is 0.0806 e. The van der Waals surface area contributed by atoms with Crippen LogP contribution in [0.1, 0.15) is 19.8 Å². The SMILES string of the molecule is CCCC[Si](C)(C)c1cc[c]cc1. The predicted molar refractivity (Wildman–Crippen MR) is 62.1 cm³/mol. The molecule has 0 aliphatic rings. The second kappa shape index (κ2) is 4.61. The van der Waals surface area contributed by atoms with Crippen molar-refractivity contribution in [3.8, 4) is 0 Å². The van der Waals surface area contributed by atoms with Crippen molar-refractivity contribution >= 4 is 13.3 Å². The zero-order valence-corrected chi connectivity index (χ0v) is 9.93. The normalized spacial score (nSPS) is 11.6. The zero-order chi connectivity index (χ0) is 9.73. The van der Waals surface area contributed by atoms with Crippen LogP contribution in [0.5, 0.6) is 0 Å². The van der Waals surface area contributed by atoms with Crippen molar-refractivity contribution in [3.05, 3.63) is 30.3 Å². The predicted octanol–water partition coefficient (Wildman–Crippen LogP) is 3.20. The summed E-state index contributed by atoms with van der Waals surface area (Å²) in [5.74, 6) is 0. The maximum atomic E-state index is 3.08. The van der Waals surface area contributed by atoms with Crippen molar-refractivity contribution in [2.45, 2.75) is 38.9 Å². The minimum absolute atomic E-state index is 1.12. The molecular formula is C12H19Si. The molecule has 1 radical (unpaired) electrons. The summed E-state index contributed by atoms with van der Waals surface area (Å²) >= 11 is 0. The molecule has 0 aliphatic heterocycles. The molecule has 71 valence electrons. The lowest BCUT2D eigenvalue weighted by molar-refractivity contribution is 0.870. The van der Waals surface area contributed by atoms with Crippen molar-refractivity contribution in [3.63, 3.8) is 0 Å². The minimum atomic E-state index is -1.12. The van der Waals surface area contributed by atoms with Crippen molar-refractivity contribution in [1.82, 2.24) is 0 Å². The summed E-state index contributed by atoms with van der Waals surface area (Å²) in [5.41, 5.74) is 0. The smallest absolute Gasteiger partial charge is 0.0654 e. The average Bonchev–Trinajstić information content (AvgIpc) is 2.16. The summed E-state index contributed by atoms with van der Waals surface area (Å²) in [5, 5.41) is 1.57. The summed E-state index contributed by atoms with van der Waals surface area (Å²) in [6, 6.07) is 13.0. The van der Waals surface area contributed by atoms with E-state index in [4.69, 9.17) is 0 Å². The molecule has 0 atom stereocenters. The fraction of sp³-hybridized carbons (Fsp3) is 0.500. The van der Waals surface area contributed by atoms with E-state index in [0.717, 1.165) is 0 Å². The highest BCUT2D eigenvalue weighted by Crippen LogP contribution is 2.13. The van der Waals surface area contributed by atoms with Crippen molar-refractivity contribution < 1.29 is 0 Å². The molecule has 1 aromatic rings. The van der Waals surface area contributed by atoms with E-state index < -0.39 is 8.07 Å². The van der Waals surface area contributed by atoms with Crippen LogP contribution in [0.2, 0.25) is 19.1 Å². The van der Waals surface area contributed by atoms with Crippen LogP contribution in [0.25, 0.3) is 0 Å². The summed E-state index contributed by atoms with van der Waals surface area (Å²) in [7, 11) is -1.12. The molecule has 0 nitrogen and oxygen atoms in total. The van der Waals surface area contributed by atoms with Gasteiger partial charge in [0.25, 0.3) is 0 Å². The first kappa shape index (κ1) is 10.5. The molecule has 0 saturated carbocycles. The second-order valence-electron chi connectivity index (χ2n) is 4.28. The van der Waals surface area contributed by atoms with Crippen LogP contribution < -0.4 is 5.19 Å². The minimum Gasteiger partial charge on any atom is -0.0654 e. The lowest BCUT2D eigenvalue weighted by Gasteiger charge is -2.22. The monoisotopic (exact) mass is 191 g/mol. The molecule has 0 spiro atoms. The topological polar surface area (TPSA) is 0 Å². The number of hydrogen-bond donors (Lipinski definition) is 0. The van der Waals surface area contributed by atoms with E-state index in [2.05, 4.69) is 38.2 Å². The molecule has 0 aliphatic carbocycles. The summed E-state index contributed by atoms with van der Waals surface area (Å²) in [6.45, 7) is 7.18. The Bertz CT molecular complexity index is 239. The molecule has 1 rings (SSSR count). The third-order valence-electron chi connectivity index (χ3n) is 2.66. The van der Waals surface area contributed by atoms with Gasteiger partial charge in [0.05, 0.1) is 8.07 Å². The molecule has 1 aromatic carbocycles. The number of rotatable bonds is 4. The zero-order valence-electron chi connectivity index (χ0n) is 8.93. The third-order valence-corrected chi connectivity index (χ3v) is 6.15. The molecule has 13 heavy (non-hydrogen) atoms. The fourth-order valence-electron chi connectivity index (χ4n) is 1.60. The van der Waals surface area contributed by atoms with Gasteiger partial charge in [-0.3, -0.25) is 0 Å². The highest BCUT2D eigenvalue weighted by Gasteiger charge is 2.21. The van der Waals surface area contributed by atoms with Gasteiger partial charge in [0.1, 0.15) is 0 Å². The van der Waals surface area contributed by atoms with Crippen LogP contribution in [-0.4, -0.2) is 8.07 Å². The van der Waals surface area contributed by atoms with E-state index in [1.54, 1.807) is 5.19 Å². The van der Waals surface area contributed by atoms with Crippen LogP contribution in [0.15, 0.2) is 24.3 Å². The van der Waals surface area contributed by atoms with E-state index in [9.17, 15) is 0 Å². The fourth-order valence-corrected chi connectivity index (χ4v) is 4.20. The maximum absolute atomic E-state index is 3.08. The first-order chi connectivity index (χ1) is 6.17. The van der Waals surface area contributed by atoms with Crippen LogP contribution >= 0.6 is 0 Å². The first-order valence-electron chi connectivity index (χ1n) is 5.13. The van der Waals surface area contributed by atoms with Gasteiger partial charge in [-0.25, -0.2) is 0 Å². The van der Waals surface area contributed by atoms with Gasteiger partial charge < -0.3 is 0 Å². The molecule has 0 bridgehead atoms. The molecule has 1 heteroatoms. The molecule has 0 unspecified atom stereocenters. The molecule has 0 heterocycles. The van der Waals surface area contributed by atoms with Crippen LogP contribution in [0.4, 0.5) is 0 Å². The van der Waals surface area contributed by atoms with E-state index in [0.29, 0.717) is 0 Å². The molecule has 0 amide bonds. The standard InChI is InChI=1S/C12H19Si/c1-4-5-11-13(2,3)12-9-7-6-8-10-12/h7-10H,4-5,11H2,1-3H3. The third kappa shape index (κ3) is 3.00. The van der Waals surface area contributed by atoms with Crippen LogP contribution in [-0.2, 0) is 0 Å². The van der Waals surface area contributed by atoms with Gasteiger partial charge in [0, 0.05) is 0 Å². The number of hydrogen-bond acceptors (Lipinski definition) is 0. The van der Waals surface area contributed by atoms with E-state index in [1.165, 1.54) is 18.9 Å². The average molecular weight is 191 g/mol. The van der Waals surface area contributed by atoms with Gasteiger partial charge >= 0.3 is 0 Å². The van der Waals surface area contributed by atoms with Crippen LogP contribution in [0, 0.1) is 6.07 Å². The van der Waals surface area contributed by atoms with E-state index in [1.807, 2.05) is 12.1 Å². The van der Waals surface area contributed by atoms with Gasteiger partial charge in [0.2, 0.25) is 0 Å². The Morgan fingerprint density at radius 3 is 2.38 bits per heavy atom. The first-order valence-corrected chi connectivity index (χ1v) is 8.34. The quantitative estimate of drug-likeness (QED) is 0.641. The van der Waals surface area contributed by atoms with Gasteiger partial charge in [-0.1, -0.05) is 68.4 Å². The highest BCUT2D eigenvalue weighted by molar-refractivity contribution is 6.89. The molecule has 0 saturated heterocycles. The Morgan fingerprint density at radius 1 is 1.23 bits per heavy atom. The lowest BCUT2D eigenvalue weighted by atomic mass is 10.4. The Balaban J connectivity index is 2.69. The Labute approximate surface area is 83.0 Å². The van der Waals surface area contributed by atoms with Crippen LogP contribution in [0.3, 0.4) is 0 Å². The summed E-state index contributed by atoms with van der Waals surface area (Å²) in [6.07, 6.45) is 2.69. The Morgan fingerprint density at radius 2 is 1.85 bits per heavy atom. The molecule has 0 N–H and O–H groups in total. The number of unbranched alkanes of at least 4 members (excludes halogenated alkanes) is 1. The van der Waals surface area contributed by atoms with E-state index in [-0.39, 0.29) is 0 Å². The van der Waals surface area contributed by atoms with Gasteiger partial charge in [-0.05, 0) is 6.07 Å². The Kier molecular flexibility index (Phi) is 3.73. The lowest BCUT2D eigenvalue weighted by Crippen LogP contribution is -2.40. The van der Waals surface area contributed by atoms with E-state index >= 15 is 0 Å². The highest BCUT2D eigenvalue weighted by atomic mass is 28.3. The van der Waals surface area contributed by atoms with Gasteiger partial charge in [-0.2, -0.15) is 0 Å². The Hall–Kier alpha value is -0.563. The molecule has 0 aromatic heterocycles.